The van der Waals surface area contributed by atoms with Gasteiger partial charge in [0.15, 0.2) is 0 Å². The maximum atomic E-state index is 11.5. The zero-order valence-corrected chi connectivity index (χ0v) is 21.8. The van der Waals surface area contributed by atoms with E-state index in [0.717, 1.165) is 35.4 Å². The molecule has 4 aromatic rings. The minimum atomic E-state index is -0.421. The highest BCUT2D eigenvalue weighted by molar-refractivity contribution is 5.98. The number of carbonyl (C=O) groups is 1. The average molecular weight is 508 g/mol. The van der Waals surface area contributed by atoms with Crippen molar-refractivity contribution in [2.75, 3.05) is 20.2 Å². The third-order valence-corrected chi connectivity index (χ3v) is 7.22. The highest BCUT2D eigenvalue weighted by atomic mass is 16.5. The molecule has 5 rings (SSSR count). The Morgan fingerprint density at radius 1 is 1.05 bits per heavy atom. The zero-order chi connectivity index (χ0) is 26.5. The van der Waals surface area contributed by atoms with Crippen molar-refractivity contribution in [3.05, 3.63) is 113 Å². The van der Waals surface area contributed by atoms with E-state index in [-0.39, 0.29) is 24.6 Å². The molecule has 194 valence electrons. The summed E-state index contributed by atoms with van der Waals surface area (Å²) in [5.74, 6) is 0.953. The Labute approximate surface area is 223 Å². The first-order valence-electron chi connectivity index (χ1n) is 13.0. The van der Waals surface area contributed by atoms with Crippen LogP contribution in [-0.2, 0) is 9.53 Å². The Kier molecular flexibility index (Phi) is 7.70. The number of nitrogens with one attached hydrogen (secondary N) is 1. The van der Waals surface area contributed by atoms with Crippen LogP contribution < -0.4 is 15.8 Å². The quantitative estimate of drug-likeness (QED) is 0.191. The summed E-state index contributed by atoms with van der Waals surface area (Å²) < 4.78 is 11.1. The highest BCUT2D eigenvalue weighted by Crippen LogP contribution is 2.40. The fraction of sp³-hybridized carbons (Fsp3) is 0.250. The van der Waals surface area contributed by atoms with Gasteiger partial charge >= 0.3 is 5.97 Å². The topological polar surface area (TPSA) is 85.9 Å². The first-order valence-corrected chi connectivity index (χ1v) is 13.0. The van der Waals surface area contributed by atoms with Crippen LogP contribution in [0.5, 0.6) is 5.75 Å². The summed E-state index contributed by atoms with van der Waals surface area (Å²) in [5.41, 5.74) is 10.6. The van der Waals surface area contributed by atoms with Crippen LogP contribution in [0.15, 0.2) is 96.0 Å². The largest absolute Gasteiger partial charge is 0.489 e. The van der Waals surface area contributed by atoms with Crippen LogP contribution in [-0.4, -0.2) is 38.1 Å². The fourth-order valence-electron chi connectivity index (χ4n) is 5.20. The lowest BCUT2D eigenvalue weighted by atomic mass is 9.83. The predicted octanol–water partition coefficient (Wildman–Crippen LogP) is 5.35. The number of fused-ring (bicyclic) bond motifs is 2. The Bertz CT molecular complexity index is 1460. The number of nitrogens with zero attached hydrogens (tertiary/aromatic N) is 1. The number of rotatable bonds is 8. The number of hydrogen-bond donors (Lipinski definition) is 2. The van der Waals surface area contributed by atoms with E-state index in [1.165, 1.54) is 23.4 Å². The van der Waals surface area contributed by atoms with E-state index in [4.69, 9.17) is 10.5 Å². The van der Waals surface area contributed by atoms with Crippen molar-refractivity contribution in [2.45, 2.75) is 31.4 Å². The van der Waals surface area contributed by atoms with Crippen molar-refractivity contribution in [3.8, 4) is 5.75 Å². The number of carbonyl (C=O) groups excluding carboxylic acids is 1. The number of esters is 1. The van der Waals surface area contributed by atoms with Gasteiger partial charge in [-0.05, 0) is 47.4 Å². The van der Waals surface area contributed by atoms with Crippen LogP contribution in [0.3, 0.4) is 0 Å². The van der Waals surface area contributed by atoms with Crippen LogP contribution in [0.25, 0.3) is 10.8 Å². The number of benzene rings is 4. The van der Waals surface area contributed by atoms with Crippen molar-refractivity contribution in [2.24, 2.45) is 10.7 Å². The Morgan fingerprint density at radius 3 is 2.68 bits per heavy atom. The minimum absolute atomic E-state index is 0.00122. The summed E-state index contributed by atoms with van der Waals surface area (Å²) in [5, 5.41) is 6.23. The van der Waals surface area contributed by atoms with Gasteiger partial charge in [0.25, 0.3) is 0 Å². The highest BCUT2D eigenvalue weighted by Gasteiger charge is 2.29. The van der Waals surface area contributed by atoms with E-state index < -0.39 is 5.97 Å². The molecule has 3 N–H and O–H groups in total. The van der Waals surface area contributed by atoms with Crippen molar-refractivity contribution >= 4 is 22.6 Å². The molecule has 0 fully saturated rings. The second kappa shape index (κ2) is 11.5. The molecule has 0 spiro atoms. The first-order chi connectivity index (χ1) is 18.5. The second-order valence-corrected chi connectivity index (χ2v) is 9.67. The summed E-state index contributed by atoms with van der Waals surface area (Å²) in [6, 6.07) is 31.4. The summed E-state index contributed by atoms with van der Waals surface area (Å²) >= 11 is 0. The van der Waals surface area contributed by atoms with Gasteiger partial charge in [0, 0.05) is 29.6 Å². The lowest BCUT2D eigenvalue weighted by Gasteiger charge is -2.33. The van der Waals surface area contributed by atoms with Gasteiger partial charge in [0.05, 0.1) is 7.11 Å². The van der Waals surface area contributed by atoms with E-state index in [1.54, 1.807) is 0 Å². The Hall–Kier alpha value is -4.16. The zero-order valence-electron chi connectivity index (χ0n) is 21.8. The molecule has 38 heavy (non-hydrogen) atoms. The number of hydrogen-bond acceptors (Lipinski definition) is 5. The Balaban J connectivity index is 1.35. The smallest absolute Gasteiger partial charge is 0.327 e. The monoisotopic (exact) mass is 507 g/mol. The van der Waals surface area contributed by atoms with E-state index in [9.17, 15) is 4.79 Å². The summed E-state index contributed by atoms with van der Waals surface area (Å²) in [7, 11) is 1.34. The van der Waals surface area contributed by atoms with Gasteiger partial charge < -0.3 is 20.5 Å². The average Bonchev–Trinajstić information content (AvgIpc) is 2.97. The molecule has 0 radical (unpaired) electrons. The maximum Gasteiger partial charge on any atom is 0.327 e. The number of ether oxygens (including phenoxy) is 2. The predicted molar refractivity (Wildman–Crippen MR) is 152 cm³/mol. The normalized spacial score (nSPS) is 17.9. The molecule has 0 bridgehead atoms. The van der Waals surface area contributed by atoms with Crippen LogP contribution in [0, 0.1) is 0 Å². The molecule has 0 amide bonds. The molecule has 1 heterocycles. The van der Waals surface area contributed by atoms with Gasteiger partial charge in [-0.1, -0.05) is 78.9 Å². The molecule has 1 aliphatic heterocycles. The SMILES string of the molecule is COC(=O)CN=C(N)c1cccc([C@@H]2C[C@H](CN[C@H](C)c3cccc4ccccc34)Oc3ccccc32)c1. The molecule has 0 aromatic heterocycles. The first kappa shape index (κ1) is 25.5. The van der Waals surface area contributed by atoms with E-state index in [2.05, 4.69) is 82.6 Å². The molecule has 6 nitrogen and oxygen atoms in total. The van der Waals surface area contributed by atoms with Crippen molar-refractivity contribution in [3.63, 3.8) is 0 Å². The molecule has 4 aromatic carbocycles. The minimum Gasteiger partial charge on any atom is -0.489 e. The van der Waals surface area contributed by atoms with Crippen molar-refractivity contribution < 1.29 is 14.3 Å². The number of aliphatic imine (C=N–C) groups is 1. The number of methoxy groups -OCH3 is 1. The number of para-hydroxylation sites is 1. The standard InChI is InChI=1S/C32H33N3O3/c1-21(26-15-8-10-22-9-3-4-13-27(22)26)34-19-25-18-29(28-14-5-6-16-30(28)38-25)23-11-7-12-24(17-23)32(33)35-20-31(36)37-2/h3-17,21,25,29,34H,18-20H2,1-2H3,(H2,33,35)/t21-,25-,29+/m1/s1. The molecular formula is C32H33N3O3. The number of nitrogens with two attached hydrogens (primary N) is 1. The third-order valence-electron chi connectivity index (χ3n) is 7.22. The van der Waals surface area contributed by atoms with E-state index in [0.29, 0.717) is 5.84 Å². The van der Waals surface area contributed by atoms with Crippen LogP contribution in [0.2, 0.25) is 0 Å². The van der Waals surface area contributed by atoms with Crippen LogP contribution in [0.4, 0.5) is 0 Å². The summed E-state index contributed by atoms with van der Waals surface area (Å²) in [4.78, 5) is 15.7. The van der Waals surface area contributed by atoms with E-state index in [1.807, 2.05) is 30.3 Å². The molecule has 3 atom stereocenters. The lowest BCUT2D eigenvalue weighted by Crippen LogP contribution is -2.37. The molecule has 6 heteroatoms. The van der Waals surface area contributed by atoms with Crippen molar-refractivity contribution in [1.82, 2.24) is 5.32 Å². The maximum absolute atomic E-state index is 11.5. The summed E-state index contributed by atoms with van der Waals surface area (Å²) in [6.07, 6.45) is 0.830. The van der Waals surface area contributed by atoms with Gasteiger partial charge in [-0.25, -0.2) is 0 Å². The van der Waals surface area contributed by atoms with Gasteiger partial charge in [-0.2, -0.15) is 0 Å². The van der Waals surface area contributed by atoms with Gasteiger partial charge in [0.1, 0.15) is 24.2 Å². The lowest BCUT2D eigenvalue weighted by molar-refractivity contribution is -0.138. The number of amidine groups is 1. The van der Waals surface area contributed by atoms with Crippen LogP contribution in [0.1, 0.15) is 47.6 Å². The second-order valence-electron chi connectivity index (χ2n) is 9.67. The summed E-state index contributed by atoms with van der Waals surface area (Å²) in [6.45, 7) is 2.82. The van der Waals surface area contributed by atoms with Gasteiger partial charge in [0.2, 0.25) is 0 Å². The van der Waals surface area contributed by atoms with Gasteiger partial charge in [-0.3, -0.25) is 9.79 Å². The molecule has 0 saturated carbocycles. The molecule has 0 saturated heterocycles. The van der Waals surface area contributed by atoms with Crippen LogP contribution >= 0.6 is 0 Å². The molecule has 0 aliphatic carbocycles. The molecule has 1 aliphatic rings. The molecule has 0 unspecified atom stereocenters. The van der Waals surface area contributed by atoms with Crippen molar-refractivity contribution in [1.29, 1.82) is 0 Å². The Morgan fingerprint density at radius 2 is 1.82 bits per heavy atom. The fourth-order valence-corrected chi connectivity index (χ4v) is 5.20. The van der Waals surface area contributed by atoms with Gasteiger partial charge in [-0.15, -0.1) is 0 Å². The van der Waals surface area contributed by atoms with E-state index >= 15 is 0 Å². The molecular weight excluding hydrogens is 474 g/mol. The third kappa shape index (κ3) is 5.55.